The van der Waals surface area contributed by atoms with Crippen LogP contribution >= 0.6 is 0 Å². The topological polar surface area (TPSA) is 83.8 Å². The number of aryl methyl sites for hydroxylation is 1. The van der Waals surface area contributed by atoms with E-state index in [1.54, 1.807) is 4.90 Å². The summed E-state index contributed by atoms with van der Waals surface area (Å²) in [6.07, 6.45) is 2.52. The number of anilines is 2. The van der Waals surface area contributed by atoms with Crippen LogP contribution in [0.1, 0.15) is 64.6 Å². The number of benzene rings is 4. The average Bonchev–Trinajstić information content (AvgIpc) is 2.98. The highest BCUT2D eigenvalue weighted by molar-refractivity contribution is 6.09. The van der Waals surface area contributed by atoms with Gasteiger partial charge in [0.25, 0.3) is 17.5 Å². The molecule has 40 heavy (non-hydrogen) atoms. The molecular weight excluding hydrogens is 502 g/mol. The molecule has 4 aromatic carbocycles. The number of fused-ring (bicyclic) bond motifs is 1. The van der Waals surface area contributed by atoms with Gasteiger partial charge in [-0.1, -0.05) is 61.9 Å². The summed E-state index contributed by atoms with van der Waals surface area (Å²) in [5.41, 5.74) is 4.49. The van der Waals surface area contributed by atoms with E-state index < -0.39 is 4.92 Å². The summed E-state index contributed by atoms with van der Waals surface area (Å²) in [7, 11) is 0. The zero-order valence-electron chi connectivity index (χ0n) is 22.6. The molecule has 0 bridgehead atoms. The summed E-state index contributed by atoms with van der Waals surface area (Å²) in [4.78, 5) is 42.1. The van der Waals surface area contributed by atoms with E-state index in [-0.39, 0.29) is 29.6 Å². The van der Waals surface area contributed by atoms with Crippen LogP contribution in [-0.2, 0) is 6.42 Å². The molecule has 0 N–H and O–H groups in total. The first-order chi connectivity index (χ1) is 19.4. The van der Waals surface area contributed by atoms with Crippen molar-refractivity contribution in [2.75, 3.05) is 9.80 Å². The minimum Gasteiger partial charge on any atom is -0.305 e. The Morgan fingerprint density at radius 2 is 1.50 bits per heavy atom. The molecule has 0 saturated heterocycles. The van der Waals surface area contributed by atoms with Crippen molar-refractivity contribution in [1.29, 1.82) is 0 Å². The predicted octanol–water partition coefficient (Wildman–Crippen LogP) is 7.37. The van der Waals surface area contributed by atoms with Crippen LogP contribution in [0.25, 0.3) is 0 Å². The molecule has 4 aromatic rings. The second-order valence-electron chi connectivity index (χ2n) is 10.1. The van der Waals surface area contributed by atoms with Crippen molar-refractivity contribution in [1.82, 2.24) is 0 Å². The molecule has 0 fully saturated rings. The third-order valence-electron chi connectivity index (χ3n) is 7.41. The van der Waals surface area contributed by atoms with Gasteiger partial charge in [0, 0.05) is 40.7 Å². The van der Waals surface area contributed by atoms with Crippen LogP contribution in [-0.4, -0.2) is 22.8 Å². The van der Waals surface area contributed by atoms with E-state index in [1.807, 2.05) is 90.7 Å². The number of non-ortho nitro benzene ring substituents is 1. The number of hydrogen-bond acceptors (Lipinski definition) is 4. The first kappa shape index (κ1) is 26.8. The van der Waals surface area contributed by atoms with Gasteiger partial charge in [-0.3, -0.25) is 19.7 Å². The molecule has 7 nitrogen and oxygen atoms in total. The fourth-order valence-corrected chi connectivity index (χ4v) is 5.47. The van der Waals surface area contributed by atoms with Gasteiger partial charge in [0.1, 0.15) is 0 Å². The van der Waals surface area contributed by atoms with E-state index in [0.717, 1.165) is 29.8 Å². The number of rotatable bonds is 7. The number of carbonyl (C=O) groups is 2. The van der Waals surface area contributed by atoms with E-state index >= 15 is 0 Å². The third-order valence-corrected chi connectivity index (χ3v) is 7.41. The molecule has 2 unspecified atom stereocenters. The summed E-state index contributed by atoms with van der Waals surface area (Å²) in [5, 5.41) is 11.1. The van der Waals surface area contributed by atoms with Crippen molar-refractivity contribution in [2.45, 2.75) is 45.2 Å². The van der Waals surface area contributed by atoms with Crippen LogP contribution in [0.3, 0.4) is 0 Å². The van der Waals surface area contributed by atoms with E-state index in [4.69, 9.17) is 0 Å². The molecule has 1 heterocycles. The molecular formula is C33H31N3O4. The fraction of sp³-hybridized carbons (Fsp3) is 0.212. The summed E-state index contributed by atoms with van der Waals surface area (Å²) in [6.45, 7) is 4.10. The van der Waals surface area contributed by atoms with Crippen LogP contribution in [0.2, 0.25) is 0 Å². The van der Waals surface area contributed by atoms with Crippen LogP contribution < -0.4 is 9.80 Å². The van der Waals surface area contributed by atoms with Gasteiger partial charge in [-0.05, 0) is 73.4 Å². The highest BCUT2D eigenvalue weighted by Gasteiger charge is 2.39. The van der Waals surface area contributed by atoms with Gasteiger partial charge in [-0.2, -0.15) is 0 Å². The van der Waals surface area contributed by atoms with Crippen molar-refractivity contribution in [3.05, 3.63) is 135 Å². The van der Waals surface area contributed by atoms with E-state index in [9.17, 15) is 19.7 Å². The molecule has 202 valence electrons. The highest BCUT2D eigenvalue weighted by atomic mass is 16.6. The Labute approximate surface area is 233 Å². The van der Waals surface area contributed by atoms with E-state index in [2.05, 4.69) is 6.92 Å². The number of amides is 2. The van der Waals surface area contributed by atoms with Crippen molar-refractivity contribution >= 4 is 28.9 Å². The lowest BCUT2D eigenvalue weighted by Gasteiger charge is -2.43. The largest absolute Gasteiger partial charge is 0.305 e. The highest BCUT2D eigenvalue weighted by Crippen LogP contribution is 2.43. The summed E-state index contributed by atoms with van der Waals surface area (Å²) < 4.78 is 0. The summed E-state index contributed by atoms with van der Waals surface area (Å²) in [5.74, 6) is -0.339. The zero-order valence-corrected chi connectivity index (χ0v) is 22.6. The maximum Gasteiger partial charge on any atom is 0.269 e. The molecule has 0 saturated carbocycles. The average molecular weight is 534 g/mol. The second kappa shape index (κ2) is 11.5. The quantitative estimate of drug-likeness (QED) is 0.183. The van der Waals surface area contributed by atoms with Gasteiger partial charge in [-0.25, -0.2) is 0 Å². The van der Waals surface area contributed by atoms with Gasteiger partial charge >= 0.3 is 0 Å². The molecule has 0 radical (unpaired) electrons. The summed E-state index contributed by atoms with van der Waals surface area (Å²) >= 11 is 0. The Balaban J connectivity index is 1.55. The maximum absolute atomic E-state index is 14.1. The molecule has 5 rings (SSSR count). The number of hydrogen-bond donors (Lipinski definition) is 0. The molecule has 0 spiro atoms. The number of nitrogens with zero attached hydrogens (tertiary/aromatic N) is 3. The lowest BCUT2D eigenvalue weighted by molar-refractivity contribution is -0.384. The van der Waals surface area contributed by atoms with Crippen molar-refractivity contribution in [2.24, 2.45) is 0 Å². The molecule has 1 aliphatic rings. The first-order valence-electron chi connectivity index (χ1n) is 13.5. The standard InChI is InChI=1S/C33H31N3O4/c1-3-9-24-14-16-25(17-15-24)33(38)35(27-10-5-4-6-11-27)31-22-23(2)34(30-13-8-7-12-29(30)31)32(37)26-18-20-28(21-19-26)36(39)40/h4-8,10-21,23,31H,3,9,22H2,1-2H3. The van der Waals surface area contributed by atoms with Gasteiger partial charge < -0.3 is 9.80 Å². The number of para-hydroxylation sites is 2. The van der Waals surface area contributed by atoms with Crippen LogP contribution in [0.15, 0.2) is 103 Å². The predicted molar refractivity (Wildman–Crippen MR) is 157 cm³/mol. The minimum atomic E-state index is -0.482. The number of nitro groups is 1. The van der Waals surface area contributed by atoms with E-state index in [1.165, 1.54) is 29.8 Å². The maximum atomic E-state index is 14.1. The zero-order chi connectivity index (χ0) is 28.2. The Hall–Kier alpha value is -4.78. The van der Waals surface area contributed by atoms with Crippen molar-refractivity contribution in [3.8, 4) is 0 Å². The van der Waals surface area contributed by atoms with Crippen LogP contribution in [0, 0.1) is 10.1 Å². The smallest absolute Gasteiger partial charge is 0.269 e. The van der Waals surface area contributed by atoms with E-state index in [0.29, 0.717) is 17.5 Å². The first-order valence-corrected chi connectivity index (χ1v) is 13.5. The Morgan fingerprint density at radius 3 is 2.15 bits per heavy atom. The van der Waals surface area contributed by atoms with Gasteiger partial charge in [0.15, 0.2) is 0 Å². The van der Waals surface area contributed by atoms with Crippen molar-refractivity contribution in [3.63, 3.8) is 0 Å². The van der Waals surface area contributed by atoms with Crippen LogP contribution in [0.5, 0.6) is 0 Å². The van der Waals surface area contributed by atoms with Gasteiger partial charge in [0.2, 0.25) is 0 Å². The molecule has 2 amide bonds. The number of carbonyl (C=O) groups excluding carboxylic acids is 2. The second-order valence-corrected chi connectivity index (χ2v) is 10.1. The Morgan fingerprint density at radius 1 is 0.875 bits per heavy atom. The fourth-order valence-electron chi connectivity index (χ4n) is 5.47. The Bertz CT molecular complexity index is 1520. The van der Waals surface area contributed by atoms with Crippen LogP contribution in [0.4, 0.5) is 17.1 Å². The number of nitro benzene ring substituents is 1. The lowest BCUT2D eigenvalue weighted by Crippen LogP contribution is -2.47. The minimum absolute atomic E-state index is 0.0663. The molecule has 2 atom stereocenters. The summed E-state index contributed by atoms with van der Waals surface area (Å²) in [6, 6.07) is 30.2. The normalized spacial score (nSPS) is 16.2. The van der Waals surface area contributed by atoms with Crippen molar-refractivity contribution < 1.29 is 14.5 Å². The monoisotopic (exact) mass is 533 g/mol. The SMILES string of the molecule is CCCc1ccc(C(=O)N(c2ccccc2)C2CC(C)N(C(=O)c3ccc([N+](=O)[O-])cc3)c3ccccc32)cc1. The van der Waals surface area contributed by atoms with Gasteiger partial charge in [-0.15, -0.1) is 0 Å². The lowest BCUT2D eigenvalue weighted by atomic mass is 9.89. The molecule has 0 aromatic heterocycles. The third kappa shape index (κ3) is 5.23. The molecule has 0 aliphatic carbocycles. The Kier molecular flexibility index (Phi) is 7.73. The molecule has 7 heteroatoms. The van der Waals surface area contributed by atoms with Gasteiger partial charge in [0.05, 0.1) is 11.0 Å². The molecule has 1 aliphatic heterocycles.